The summed E-state index contributed by atoms with van der Waals surface area (Å²) in [6.07, 6.45) is 0.997. The average Bonchev–Trinajstić information content (AvgIpc) is 3.37. The van der Waals surface area contributed by atoms with Crippen LogP contribution in [0.3, 0.4) is 0 Å². The Labute approximate surface area is 191 Å². The number of hydrogen-bond donors (Lipinski definition) is 1. The molecule has 2 aliphatic rings. The lowest BCUT2D eigenvalue weighted by Gasteiger charge is -2.21. The Balaban J connectivity index is 1.23. The molecule has 1 aliphatic heterocycles. The van der Waals surface area contributed by atoms with Crippen LogP contribution in [0.1, 0.15) is 24.0 Å². The van der Waals surface area contributed by atoms with Crippen molar-refractivity contribution in [2.45, 2.75) is 31.0 Å². The fourth-order valence-electron chi connectivity index (χ4n) is 5.12. The number of alkyl halides is 3. The first kappa shape index (κ1) is 22.5. The van der Waals surface area contributed by atoms with Crippen molar-refractivity contribution in [1.29, 1.82) is 0 Å². The van der Waals surface area contributed by atoms with Crippen LogP contribution in [-0.2, 0) is 18.1 Å². The van der Waals surface area contributed by atoms with Crippen molar-refractivity contribution in [2.24, 2.45) is 5.92 Å². The molecule has 1 aliphatic carbocycles. The van der Waals surface area contributed by atoms with E-state index in [1.807, 2.05) is 0 Å². The molecule has 1 N–H and O–H groups in total. The predicted molar refractivity (Wildman–Crippen MR) is 117 cm³/mol. The number of piperidine rings is 1. The highest BCUT2D eigenvalue weighted by Gasteiger charge is 2.60. The minimum Gasteiger partial charge on any atom is -0.302 e. The molecular formula is C24H22F4N4O2. The zero-order valence-corrected chi connectivity index (χ0v) is 18.1. The van der Waals surface area contributed by atoms with Crippen molar-refractivity contribution in [2.75, 3.05) is 19.6 Å². The first-order chi connectivity index (χ1) is 16.2. The highest BCUT2D eigenvalue weighted by molar-refractivity contribution is 5.61. The lowest BCUT2D eigenvalue weighted by atomic mass is 9.94. The summed E-state index contributed by atoms with van der Waals surface area (Å²) in [7, 11) is 0. The van der Waals surface area contributed by atoms with E-state index in [2.05, 4.69) is 14.9 Å². The Morgan fingerprint density at radius 3 is 2.56 bits per heavy atom. The second-order valence-corrected chi connectivity index (χ2v) is 9.07. The van der Waals surface area contributed by atoms with Crippen LogP contribution < -0.4 is 11.2 Å². The molecule has 0 spiro atoms. The maximum atomic E-state index is 14.1. The summed E-state index contributed by atoms with van der Waals surface area (Å²) >= 11 is 0. The molecule has 2 atom stereocenters. The van der Waals surface area contributed by atoms with E-state index in [1.165, 1.54) is 23.0 Å². The molecule has 1 saturated heterocycles. The number of pyridine rings is 1. The van der Waals surface area contributed by atoms with Gasteiger partial charge in [-0.25, -0.2) is 9.18 Å². The molecule has 178 valence electrons. The lowest BCUT2D eigenvalue weighted by molar-refractivity contribution is -0.137. The number of nitrogens with one attached hydrogen (secondary N) is 1. The third kappa shape index (κ3) is 4.06. The summed E-state index contributed by atoms with van der Waals surface area (Å²) in [6.45, 7) is 2.65. The van der Waals surface area contributed by atoms with Gasteiger partial charge in [-0.3, -0.25) is 19.3 Å². The summed E-state index contributed by atoms with van der Waals surface area (Å²) in [5.41, 5.74) is -0.888. The normalized spacial score (nSPS) is 22.1. The van der Waals surface area contributed by atoms with E-state index in [0.717, 1.165) is 43.4 Å². The van der Waals surface area contributed by atoms with E-state index >= 15 is 0 Å². The number of benzene rings is 1. The molecular weight excluding hydrogens is 452 g/mol. The molecule has 0 bridgehead atoms. The number of nitrogens with zero attached hydrogens (tertiary/aromatic N) is 3. The number of aromatic nitrogens is 3. The maximum absolute atomic E-state index is 14.1. The molecule has 2 aromatic heterocycles. The van der Waals surface area contributed by atoms with E-state index in [-0.39, 0.29) is 16.5 Å². The van der Waals surface area contributed by atoms with Crippen LogP contribution in [0.4, 0.5) is 17.6 Å². The van der Waals surface area contributed by atoms with Crippen LogP contribution in [-0.4, -0.2) is 39.1 Å². The molecule has 0 unspecified atom stereocenters. The number of H-pyrrole nitrogens is 1. The molecule has 6 nitrogen and oxygen atoms in total. The minimum absolute atomic E-state index is 0.0585. The Kier molecular flexibility index (Phi) is 5.43. The van der Waals surface area contributed by atoms with Gasteiger partial charge < -0.3 is 4.90 Å². The van der Waals surface area contributed by atoms with Crippen molar-refractivity contribution in [3.63, 3.8) is 0 Å². The Bertz CT molecular complexity index is 1330. The molecule has 1 aromatic carbocycles. The first-order valence-corrected chi connectivity index (χ1v) is 11.0. The second kappa shape index (κ2) is 8.19. The molecule has 0 amide bonds. The maximum Gasteiger partial charge on any atom is 0.416 e. The summed E-state index contributed by atoms with van der Waals surface area (Å²) in [5.74, 6) is -0.232. The standard InChI is InChI=1S/C24H22F4N4O2/c25-20-11-29-7-6-18(20)19-13-32(22(34)30-21(19)33)9-1-8-31-12-17-10-23(17,14-31)15-2-4-16(5-3-15)24(26,27)28/h2-7,11,13,17H,1,8-10,12,14H2,(H,30,33,34)/t17-,23+/m0/s1. The van der Waals surface area contributed by atoms with E-state index in [9.17, 15) is 27.2 Å². The number of rotatable bonds is 6. The molecule has 34 heavy (non-hydrogen) atoms. The van der Waals surface area contributed by atoms with Crippen molar-refractivity contribution in [1.82, 2.24) is 19.4 Å². The van der Waals surface area contributed by atoms with Crippen LogP contribution in [0.2, 0.25) is 0 Å². The minimum atomic E-state index is -4.34. The quantitative estimate of drug-likeness (QED) is 0.556. The predicted octanol–water partition coefficient (Wildman–Crippen LogP) is 3.42. The monoisotopic (exact) mass is 474 g/mol. The molecule has 3 heterocycles. The lowest BCUT2D eigenvalue weighted by Crippen LogP contribution is -2.32. The molecule has 10 heteroatoms. The third-order valence-corrected chi connectivity index (χ3v) is 6.95. The second-order valence-electron chi connectivity index (χ2n) is 9.07. The Morgan fingerprint density at radius 2 is 1.85 bits per heavy atom. The molecule has 3 aromatic rings. The Morgan fingerprint density at radius 1 is 1.09 bits per heavy atom. The van der Waals surface area contributed by atoms with Crippen molar-refractivity contribution >= 4 is 0 Å². The van der Waals surface area contributed by atoms with Gasteiger partial charge in [-0.1, -0.05) is 12.1 Å². The van der Waals surface area contributed by atoms with Crippen LogP contribution in [0.15, 0.2) is 58.5 Å². The molecule has 1 saturated carbocycles. The van der Waals surface area contributed by atoms with Gasteiger partial charge >= 0.3 is 11.9 Å². The average molecular weight is 474 g/mol. The van der Waals surface area contributed by atoms with Gasteiger partial charge in [-0.15, -0.1) is 0 Å². The van der Waals surface area contributed by atoms with Crippen LogP contribution in [0.5, 0.6) is 0 Å². The van der Waals surface area contributed by atoms with Crippen LogP contribution in [0, 0.1) is 11.7 Å². The van der Waals surface area contributed by atoms with E-state index < -0.39 is 28.8 Å². The van der Waals surface area contributed by atoms with Gasteiger partial charge in [0, 0.05) is 43.0 Å². The first-order valence-electron chi connectivity index (χ1n) is 11.0. The number of fused-ring (bicyclic) bond motifs is 1. The zero-order valence-electron chi connectivity index (χ0n) is 18.1. The number of aromatic amines is 1. The summed E-state index contributed by atoms with van der Waals surface area (Å²) in [5, 5.41) is 0. The van der Waals surface area contributed by atoms with Gasteiger partial charge in [0.1, 0.15) is 5.82 Å². The van der Waals surface area contributed by atoms with E-state index in [0.29, 0.717) is 25.4 Å². The number of aryl methyl sites for hydroxylation is 1. The van der Waals surface area contributed by atoms with Crippen LogP contribution in [0.25, 0.3) is 11.1 Å². The van der Waals surface area contributed by atoms with Crippen LogP contribution >= 0.6 is 0 Å². The smallest absolute Gasteiger partial charge is 0.302 e. The fraction of sp³-hybridized carbons (Fsp3) is 0.375. The van der Waals surface area contributed by atoms with Gasteiger partial charge in [-0.05, 0) is 49.1 Å². The number of hydrogen-bond acceptors (Lipinski definition) is 4. The van der Waals surface area contributed by atoms with E-state index in [1.54, 1.807) is 12.1 Å². The highest BCUT2D eigenvalue weighted by Crippen LogP contribution is 2.59. The largest absolute Gasteiger partial charge is 0.416 e. The van der Waals surface area contributed by atoms with Crippen molar-refractivity contribution < 1.29 is 17.6 Å². The number of halogens is 4. The fourth-order valence-corrected chi connectivity index (χ4v) is 5.12. The summed E-state index contributed by atoms with van der Waals surface area (Å²) in [6, 6.07) is 6.85. The SMILES string of the molecule is O=c1[nH]c(=O)n(CCCN2C[C@@H]3C[C@]3(c3ccc(C(F)(F)F)cc3)C2)cc1-c1ccncc1F. The van der Waals surface area contributed by atoms with E-state index in [4.69, 9.17) is 0 Å². The molecule has 2 fully saturated rings. The number of likely N-dealkylation sites (tertiary alicyclic amines) is 1. The summed E-state index contributed by atoms with van der Waals surface area (Å²) < 4.78 is 54.0. The van der Waals surface area contributed by atoms with Gasteiger partial charge in [-0.2, -0.15) is 13.2 Å². The topological polar surface area (TPSA) is 71.0 Å². The van der Waals surface area contributed by atoms with Gasteiger partial charge in [0.05, 0.1) is 17.3 Å². The Hall–Kier alpha value is -3.27. The zero-order chi connectivity index (χ0) is 24.1. The van der Waals surface area contributed by atoms with Crippen molar-refractivity contribution in [3.05, 3.63) is 86.7 Å². The third-order valence-electron chi connectivity index (χ3n) is 6.95. The van der Waals surface area contributed by atoms with Crippen molar-refractivity contribution in [3.8, 4) is 11.1 Å². The molecule has 0 radical (unpaired) electrons. The highest BCUT2D eigenvalue weighted by atomic mass is 19.4. The summed E-state index contributed by atoms with van der Waals surface area (Å²) in [4.78, 5) is 32.6. The molecule has 5 rings (SSSR count). The van der Waals surface area contributed by atoms with Gasteiger partial charge in [0.25, 0.3) is 5.56 Å². The van der Waals surface area contributed by atoms with Gasteiger partial charge in [0.15, 0.2) is 0 Å². The van der Waals surface area contributed by atoms with Gasteiger partial charge in [0.2, 0.25) is 0 Å².